The monoisotopic (exact) mass is 362 g/mol. The molecule has 0 spiro atoms. The largest absolute Gasteiger partial charge is 0.282 e. The van der Waals surface area contributed by atoms with Crippen LogP contribution < -0.4 is 10.0 Å². The van der Waals surface area contributed by atoms with Gasteiger partial charge in [-0.3, -0.25) is 19.8 Å². The Hall–Kier alpha value is -2.04. The van der Waals surface area contributed by atoms with Gasteiger partial charge in [-0.15, -0.1) is 0 Å². The van der Waals surface area contributed by atoms with Gasteiger partial charge in [-0.25, -0.2) is 0 Å². The third-order valence-corrected chi connectivity index (χ3v) is 6.38. The van der Waals surface area contributed by atoms with Crippen LogP contribution in [0.1, 0.15) is 32.1 Å². The molecular weight excluding hydrogens is 332 g/mol. The first-order chi connectivity index (χ1) is 13.4. The molecule has 0 N–H and O–H groups in total. The van der Waals surface area contributed by atoms with Gasteiger partial charge in [0, 0.05) is 32.6 Å². The van der Waals surface area contributed by atoms with Gasteiger partial charge in [0.05, 0.1) is 11.4 Å². The first-order valence-corrected chi connectivity index (χ1v) is 10.6. The summed E-state index contributed by atoms with van der Waals surface area (Å²) >= 11 is 0. The van der Waals surface area contributed by atoms with Crippen LogP contribution in [0.25, 0.3) is 0 Å². The van der Waals surface area contributed by atoms with Crippen LogP contribution in [0.4, 0.5) is 11.4 Å². The van der Waals surface area contributed by atoms with E-state index in [0.29, 0.717) is 12.3 Å². The molecule has 0 saturated carbocycles. The topological polar surface area (TPSA) is 13.0 Å². The summed E-state index contributed by atoms with van der Waals surface area (Å²) in [5.74, 6) is 0. The Morgan fingerprint density at radius 1 is 0.519 bits per heavy atom. The molecule has 0 amide bonds. The molecule has 0 aromatic heterocycles. The molecule has 3 fully saturated rings. The highest BCUT2D eigenvalue weighted by molar-refractivity contribution is 5.61. The van der Waals surface area contributed by atoms with Crippen molar-refractivity contribution in [2.24, 2.45) is 0 Å². The molecule has 3 saturated heterocycles. The van der Waals surface area contributed by atoms with Gasteiger partial charge in [0.15, 0.2) is 0 Å². The van der Waals surface area contributed by atoms with Crippen molar-refractivity contribution in [1.82, 2.24) is 9.80 Å². The number of para-hydroxylation sites is 2. The second-order valence-electron chi connectivity index (χ2n) is 8.04. The Kier molecular flexibility index (Phi) is 4.76. The van der Waals surface area contributed by atoms with Crippen LogP contribution >= 0.6 is 0 Å². The van der Waals surface area contributed by atoms with Crippen molar-refractivity contribution in [3.63, 3.8) is 0 Å². The zero-order valence-corrected chi connectivity index (χ0v) is 16.1. The number of hydrazine groups is 1. The van der Waals surface area contributed by atoms with Crippen LogP contribution in [0.2, 0.25) is 0 Å². The molecule has 0 bridgehead atoms. The molecule has 0 aliphatic carbocycles. The van der Waals surface area contributed by atoms with E-state index in [2.05, 4.69) is 80.5 Å². The van der Waals surface area contributed by atoms with Gasteiger partial charge < -0.3 is 0 Å². The maximum absolute atomic E-state index is 2.71. The third kappa shape index (κ3) is 3.21. The molecule has 2 unspecified atom stereocenters. The zero-order chi connectivity index (χ0) is 18.1. The molecule has 3 heterocycles. The summed E-state index contributed by atoms with van der Waals surface area (Å²) in [6, 6.07) is 22.0. The molecule has 5 rings (SSSR count). The van der Waals surface area contributed by atoms with E-state index in [1.165, 1.54) is 69.7 Å². The second kappa shape index (κ2) is 7.53. The van der Waals surface area contributed by atoms with Crippen molar-refractivity contribution >= 4 is 11.4 Å². The van der Waals surface area contributed by atoms with Gasteiger partial charge in [-0.05, 0) is 49.9 Å². The number of rotatable bonds is 4. The molecule has 4 heteroatoms. The zero-order valence-electron chi connectivity index (χ0n) is 16.1. The molecule has 0 radical (unpaired) electrons. The lowest BCUT2D eigenvalue weighted by atomic mass is 10.2. The lowest BCUT2D eigenvalue weighted by Gasteiger charge is -2.41. The van der Waals surface area contributed by atoms with Crippen molar-refractivity contribution in [3.8, 4) is 0 Å². The van der Waals surface area contributed by atoms with Crippen LogP contribution in [0.5, 0.6) is 0 Å². The Balaban J connectivity index is 1.58. The molecule has 4 nitrogen and oxygen atoms in total. The van der Waals surface area contributed by atoms with E-state index in [4.69, 9.17) is 0 Å². The van der Waals surface area contributed by atoms with Gasteiger partial charge in [-0.1, -0.05) is 36.4 Å². The highest BCUT2D eigenvalue weighted by Crippen LogP contribution is 2.39. The lowest BCUT2D eigenvalue weighted by molar-refractivity contribution is 0.208. The predicted octanol–water partition coefficient (Wildman–Crippen LogP) is 4.16. The average molecular weight is 363 g/mol. The van der Waals surface area contributed by atoms with Crippen molar-refractivity contribution in [3.05, 3.63) is 60.7 Å². The van der Waals surface area contributed by atoms with Crippen LogP contribution in [-0.2, 0) is 0 Å². The number of likely N-dealkylation sites (tertiary alicyclic amines) is 2. The summed E-state index contributed by atoms with van der Waals surface area (Å²) < 4.78 is 0. The minimum Gasteiger partial charge on any atom is -0.282 e. The van der Waals surface area contributed by atoms with Crippen LogP contribution in [0, 0.1) is 0 Å². The summed E-state index contributed by atoms with van der Waals surface area (Å²) in [6.07, 6.45) is 7.40. The van der Waals surface area contributed by atoms with Gasteiger partial charge in [-0.2, -0.15) is 0 Å². The third-order valence-electron chi connectivity index (χ3n) is 6.38. The summed E-state index contributed by atoms with van der Waals surface area (Å²) in [5.41, 5.74) is 2.61. The van der Waals surface area contributed by atoms with Crippen LogP contribution in [0.15, 0.2) is 60.7 Å². The highest BCUT2D eigenvalue weighted by atomic mass is 15.7. The van der Waals surface area contributed by atoms with Crippen molar-refractivity contribution in [1.29, 1.82) is 0 Å². The van der Waals surface area contributed by atoms with E-state index in [0.717, 1.165) is 0 Å². The standard InChI is InChI=1S/C23H30N4/c1-3-11-20(12-4-1)26-22(24-15-7-8-16-24)19-23(25-17-9-10-18-25)27(26)21-13-5-2-6-14-21/h1-6,11-14,22-23H,7-10,15-19H2. The minimum atomic E-state index is 0.445. The Morgan fingerprint density at radius 2 is 0.889 bits per heavy atom. The predicted molar refractivity (Wildman–Crippen MR) is 112 cm³/mol. The van der Waals surface area contributed by atoms with Crippen LogP contribution in [0.3, 0.4) is 0 Å². The first kappa shape index (κ1) is 17.1. The second-order valence-corrected chi connectivity index (χ2v) is 8.04. The summed E-state index contributed by atoms with van der Waals surface area (Å²) in [5, 5.41) is 5.17. The Morgan fingerprint density at radius 3 is 1.26 bits per heavy atom. The summed E-state index contributed by atoms with van der Waals surface area (Å²) in [7, 11) is 0. The molecule has 142 valence electrons. The molecule has 2 aromatic rings. The smallest absolute Gasteiger partial charge is 0.106 e. The number of hydrogen-bond donors (Lipinski definition) is 0. The van der Waals surface area contributed by atoms with Crippen molar-refractivity contribution in [2.45, 2.75) is 44.4 Å². The quantitative estimate of drug-likeness (QED) is 0.809. The normalized spacial score (nSPS) is 27.0. The van der Waals surface area contributed by atoms with E-state index >= 15 is 0 Å². The molecular formula is C23H30N4. The number of benzene rings is 2. The van der Waals surface area contributed by atoms with Gasteiger partial charge in [0.25, 0.3) is 0 Å². The Bertz CT molecular complexity index is 659. The van der Waals surface area contributed by atoms with E-state index in [9.17, 15) is 0 Å². The molecule has 3 aliphatic rings. The summed E-state index contributed by atoms with van der Waals surface area (Å²) in [4.78, 5) is 5.41. The van der Waals surface area contributed by atoms with Crippen molar-refractivity contribution < 1.29 is 0 Å². The fraction of sp³-hybridized carbons (Fsp3) is 0.478. The molecule has 2 atom stereocenters. The van der Waals surface area contributed by atoms with Crippen molar-refractivity contribution in [2.75, 3.05) is 36.2 Å². The molecule has 27 heavy (non-hydrogen) atoms. The van der Waals surface area contributed by atoms with Gasteiger partial charge >= 0.3 is 0 Å². The first-order valence-electron chi connectivity index (χ1n) is 10.6. The van der Waals surface area contributed by atoms with E-state index < -0.39 is 0 Å². The fourth-order valence-corrected chi connectivity index (χ4v) is 5.12. The van der Waals surface area contributed by atoms with Gasteiger partial charge in [0.1, 0.15) is 12.3 Å². The highest BCUT2D eigenvalue weighted by Gasteiger charge is 2.45. The van der Waals surface area contributed by atoms with Crippen LogP contribution in [-0.4, -0.2) is 48.3 Å². The van der Waals surface area contributed by atoms with E-state index in [1.807, 2.05) is 0 Å². The molecule has 3 aliphatic heterocycles. The maximum Gasteiger partial charge on any atom is 0.106 e. The number of hydrogen-bond acceptors (Lipinski definition) is 4. The number of nitrogens with zero attached hydrogens (tertiary/aromatic N) is 4. The number of anilines is 2. The lowest BCUT2D eigenvalue weighted by Crippen LogP contribution is -2.52. The van der Waals surface area contributed by atoms with E-state index in [-0.39, 0.29) is 0 Å². The summed E-state index contributed by atoms with van der Waals surface area (Å²) in [6.45, 7) is 4.90. The average Bonchev–Trinajstić information content (AvgIpc) is 3.49. The fourth-order valence-electron chi connectivity index (χ4n) is 5.12. The maximum atomic E-state index is 2.71. The minimum absolute atomic E-state index is 0.445. The SMILES string of the molecule is c1ccc(N2C(N3CCCC3)CC(N3CCCC3)N2c2ccccc2)cc1. The van der Waals surface area contributed by atoms with Gasteiger partial charge in [0.2, 0.25) is 0 Å². The Labute approximate surface area is 162 Å². The van der Waals surface area contributed by atoms with E-state index in [1.54, 1.807) is 0 Å². The molecule has 2 aromatic carbocycles.